The molecular weight excluding hydrogens is 262 g/mol. The minimum absolute atomic E-state index is 0.0863. The van der Waals surface area contributed by atoms with Crippen LogP contribution in [0.3, 0.4) is 0 Å². The summed E-state index contributed by atoms with van der Waals surface area (Å²) in [5, 5.41) is 10.3. The van der Waals surface area contributed by atoms with Crippen molar-refractivity contribution in [2.75, 3.05) is 31.1 Å². The lowest BCUT2D eigenvalue weighted by Crippen LogP contribution is -2.42. The Kier molecular flexibility index (Phi) is 4.60. The van der Waals surface area contributed by atoms with Crippen molar-refractivity contribution in [2.45, 2.75) is 13.0 Å². The van der Waals surface area contributed by atoms with E-state index in [4.69, 9.17) is 0 Å². The van der Waals surface area contributed by atoms with Crippen LogP contribution in [0.1, 0.15) is 18.6 Å². The van der Waals surface area contributed by atoms with Gasteiger partial charge in [0.05, 0.1) is 17.6 Å². The van der Waals surface area contributed by atoms with Crippen LogP contribution in [0.4, 0.5) is 0 Å². The fraction of sp³-hybridized carbons (Fsp3) is 0.571. The Morgan fingerprint density at radius 2 is 1.79 bits per heavy atom. The average molecular weight is 283 g/mol. The summed E-state index contributed by atoms with van der Waals surface area (Å²) in [7, 11) is -2.83. The lowest BCUT2D eigenvalue weighted by molar-refractivity contribution is 0.0905. The largest absolute Gasteiger partial charge is 0.388 e. The molecule has 2 rings (SSSR count). The third-order valence-electron chi connectivity index (χ3n) is 3.66. The lowest BCUT2D eigenvalue weighted by Gasteiger charge is -2.30. The van der Waals surface area contributed by atoms with Crippen molar-refractivity contribution in [2.24, 2.45) is 5.92 Å². The molecule has 2 atom stereocenters. The maximum Gasteiger partial charge on any atom is 0.152 e. The maximum atomic E-state index is 11.4. The van der Waals surface area contributed by atoms with Gasteiger partial charge in [0.2, 0.25) is 0 Å². The Morgan fingerprint density at radius 3 is 2.37 bits per heavy atom. The Balaban J connectivity index is 1.89. The highest BCUT2D eigenvalue weighted by Gasteiger charge is 2.25. The van der Waals surface area contributed by atoms with Crippen molar-refractivity contribution in [1.29, 1.82) is 0 Å². The van der Waals surface area contributed by atoms with Crippen molar-refractivity contribution < 1.29 is 13.5 Å². The van der Waals surface area contributed by atoms with Gasteiger partial charge in [-0.1, -0.05) is 37.3 Å². The molecule has 1 aromatic rings. The number of benzene rings is 1. The number of rotatable bonds is 4. The Morgan fingerprint density at radius 1 is 1.21 bits per heavy atom. The first-order chi connectivity index (χ1) is 8.98. The van der Waals surface area contributed by atoms with Gasteiger partial charge in [-0.2, -0.15) is 0 Å². The molecule has 0 aliphatic carbocycles. The second kappa shape index (κ2) is 6.03. The van der Waals surface area contributed by atoms with Gasteiger partial charge in [0.15, 0.2) is 9.84 Å². The predicted octanol–water partition coefficient (Wildman–Crippen LogP) is 1.09. The Bertz CT molecular complexity index is 487. The van der Waals surface area contributed by atoms with Gasteiger partial charge in [-0.05, 0) is 11.5 Å². The summed E-state index contributed by atoms with van der Waals surface area (Å²) < 4.78 is 22.7. The molecule has 5 heteroatoms. The molecule has 0 saturated carbocycles. The number of aliphatic hydroxyl groups is 1. The molecule has 1 fully saturated rings. The number of nitrogens with zero attached hydrogens (tertiary/aromatic N) is 1. The molecule has 106 valence electrons. The molecule has 1 N–H and O–H groups in total. The molecular formula is C14H21NO3S. The molecule has 0 radical (unpaired) electrons. The van der Waals surface area contributed by atoms with E-state index in [2.05, 4.69) is 4.90 Å². The Hall–Kier alpha value is -0.910. The van der Waals surface area contributed by atoms with Crippen molar-refractivity contribution in [3.63, 3.8) is 0 Å². The number of hydrogen-bond acceptors (Lipinski definition) is 4. The van der Waals surface area contributed by atoms with E-state index in [1.807, 2.05) is 37.3 Å². The van der Waals surface area contributed by atoms with Crippen LogP contribution < -0.4 is 0 Å². The summed E-state index contributed by atoms with van der Waals surface area (Å²) in [4.78, 5) is 2.12. The number of sulfone groups is 1. The van der Waals surface area contributed by atoms with E-state index >= 15 is 0 Å². The molecule has 0 aromatic heterocycles. The SMILES string of the molecule is CC(CN1CCS(=O)(=O)CC1)C(O)c1ccccc1. The predicted molar refractivity (Wildman–Crippen MR) is 75.7 cm³/mol. The van der Waals surface area contributed by atoms with E-state index in [1.54, 1.807) is 0 Å². The average Bonchev–Trinajstić information content (AvgIpc) is 2.41. The van der Waals surface area contributed by atoms with Crippen molar-refractivity contribution >= 4 is 9.84 Å². The van der Waals surface area contributed by atoms with E-state index in [0.29, 0.717) is 13.1 Å². The van der Waals surface area contributed by atoms with Gasteiger partial charge in [0.25, 0.3) is 0 Å². The highest BCUT2D eigenvalue weighted by molar-refractivity contribution is 7.91. The van der Waals surface area contributed by atoms with Gasteiger partial charge in [-0.15, -0.1) is 0 Å². The molecule has 0 amide bonds. The van der Waals surface area contributed by atoms with Crippen LogP contribution in [0.2, 0.25) is 0 Å². The summed E-state index contributed by atoms with van der Waals surface area (Å²) >= 11 is 0. The second-order valence-corrected chi connectivity index (χ2v) is 7.59. The van der Waals surface area contributed by atoms with E-state index in [0.717, 1.165) is 12.1 Å². The molecule has 0 bridgehead atoms. The monoisotopic (exact) mass is 283 g/mol. The van der Waals surface area contributed by atoms with Crippen LogP contribution >= 0.6 is 0 Å². The minimum Gasteiger partial charge on any atom is -0.388 e. The zero-order chi connectivity index (χ0) is 13.9. The molecule has 1 aliphatic rings. The Labute approximate surface area is 115 Å². The van der Waals surface area contributed by atoms with E-state index < -0.39 is 15.9 Å². The van der Waals surface area contributed by atoms with Gasteiger partial charge in [-0.25, -0.2) is 8.42 Å². The molecule has 1 aromatic carbocycles. The van der Waals surface area contributed by atoms with Gasteiger partial charge < -0.3 is 10.0 Å². The van der Waals surface area contributed by atoms with Crippen LogP contribution in [0.5, 0.6) is 0 Å². The zero-order valence-electron chi connectivity index (χ0n) is 11.2. The molecule has 19 heavy (non-hydrogen) atoms. The maximum absolute atomic E-state index is 11.4. The van der Waals surface area contributed by atoms with Crippen LogP contribution in [0, 0.1) is 5.92 Å². The first-order valence-corrected chi connectivity index (χ1v) is 8.46. The van der Waals surface area contributed by atoms with Gasteiger partial charge in [-0.3, -0.25) is 0 Å². The zero-order valence-corrected chi connectivity index (χ0v) is 12.0. The first-order valence-electron chi connectivity index (χ1n) is 6.64. The molecule has 4 nitrogen and oxygen atoms in total. The first kappa shape index (κ1) is 14.5. The number of hydrogen-bond donors (Lipinski definition) is 1. The minimum atomic E-state index is -2.83. The number of aliphatic hydroxyl groups excluding tert-OH is 1. The fourth-order valence-corrected chi connectivity index (χ4v) is 3.70. The van der Waals surface area contributed by atoms with Crippen LogP contribution in [0.15, 0.2) is 30.3 Å². The molecule has 1 heterocycles. The molecule has 1 aliphatic heterocycles. The van der Waals surface area contributed by atoms with Crippen molar-refractivity contribution in [1.82, 2.24) is 4.90 Å². The third kappa shape index (κ3) is 4.03. The highest BCUT2D eigenvalue weighted by Crippen LogP contribution is 2.22. The van der Waals surface area contributed by atoms with Crippen molar-refractivity contribution in [3.8, 4) is 0 Å². The summed E-state index contributed by atoms with van der Waals surface area (Å²) in [6.07, 6.45) is -0.500. The lowest BCUT2D eigenvalue weighted by atomic mass is 9.97. The summed E-state index contributed by atoms with van der Waals surface area (Å²) in [6, 6.07) is 9.59. The van der Waals surface area contributed by atoms with Crippen LogP contribution in [-0.2, 0) is 9.84 Å². The molecule has 2 unspecified atom stereocenters. The molecule has 0 spiro atoms. The van der Waals surface area contributed by atoms with Gasteiger partial charge >= 0.3 is 0 Å². The topological polar surface area (TPSA) is 57.6 Å². The third-order valence-corrected chi connectivity index (χ3v) is 5.27. The normalized spacial score (nSPS) is 22.8. The smallest absolute Gasteiger partial charge is 0.152 e. The van der Waals surface area contributed by atoms with Crippen LogP contribution in [-0.4, -0.2) is 49.6 Å². The highest BCUT2D eigenvalue weighted by atomic mass is 32.2. The van der Waals surface area contributed by atoms with Crippen molar-refractivity contribution in [3.05, 3.63) is 35.9 Å². The van der Waals surface area contributed by atoms with Gasteiger partial charge in [0, 0.05) is 19.6 Å². The van der Waals surface area contributed by atoms with Crippen LogP contribution in [0.25, 0.3) is 0 Å². The summed E-state index contributed by atoms with van der Waals surface area (Å²) in [6.45, 7) is 3.88. The second-order valence-electron chi connectivity index (χ2n) is 5.29. The fourth-order valence-electron chi connectivity index (χ4n) is 2.42. The standard InChI is InChI=1S/C14H21NO3S/c1-12(14(16)13-5-3-2-4-6-13)11-15-7-9-19(17,18)10-8-15/h2-6,12,14,16H,7-11H2,1H3. The quantitative estimate of drug-likeness (QED) is 0.898. The summed E-state index contributed by atoms with van der Waals surface area (Å²) in [5.74, 6) is 0.561. The summed E-state index contributed by atoms with van der Waals surface area (Å²) in [5.41, 5.74) is 0.916. The van der Waals surface area contributed by atoms with E-state index in [1.165, 1.54) is 0 Å². The van der Waals surface area contributed by atoms with Gasteiger partial charge in [0.1, 0.15) is 0 Å². The van der Waals surface area contributed by atoms with E-state index in [-0.39, 0.29) is 17.4 Å². The van der Waals surface area contributed by atoms with E-state index in [9.17, 15) is 13.5 Å². The molecule has 1 saturated heterocycles.